The van der Waals surface area contributed by atoms with Crippen LogP contribution in [0.25, 0.3) is 0 Å². The van der Waals surface area contributed by atoms with Gasteiger partial charge in [-0.05, 0) is 48.5 Å². The predicted octanol–water partition coefficient (Wildman–Crippen LogP) is 1.86. The number of anilines is 1. The molecule has 0 saturated carbocycles. The van der Waals surface area contributed by atoms with E-state index >= 15 is 0 Å². The van der Waals surface area contributed by atoms with Crippen LogP contribution < -0.4 is 10.1 Å². The molecular formula is C21H21FN4O3. The third-order valence-corrected chi connectivity index (χ3v) is 4.57. The lowest BCUT2D eigenvalue weighted by atomic mass is 10.2. The van der Waals surface area contributed by atoms with Gasteiger partial charge in [0.05, 0.1) is 18.2 Å². The molecule has 1 aliphatic heterocycles. The number of benzene rings is 2. The van der Waals surface area contributed by atoms with Crippen molar-refractivity contribution in [1.82, 2.24) is 9.80 Å². The summed E-state index contributed by atoms with van der Waals surface area (Å²) in [5, 5.41) is 11.5. The predicted molar refractivity (Wildman–Crippen MR) is 105 cm³/mol. The van der Waals surface area contributed by atoms with E-state index in [0.29, 0.717) is 43.2 Å². The van der Waals surface area contributed by atoms with Gasteiger partial charge in [0.25, 0.3) is 5.91 Å². The molecule has 0 aliphatic carbocycles. The van der Waals surface area contributed by atoms with Crippen LogP contribution in [-0.4, -0.2) is 60.9 Å². The summed E-state index contributed by atoms with van der Waals surface area (Å²) in [6.45, 7) is 2.33. The highest BCUT2D eigenvalue weighted by atomic mass is 19.1. The molecule has 29 heavy (non-hydrogen) atoms. The summed E-state index contributed by atoms with van der Waals surface area (Å²) in [5.41, 5.74) is 1.08. The average molecular weight is 396 g/mol. The van der Waals surface area contributed by atoms with Gasteiger partial charge in [-0.2, -0.15) is 5.26 Å². The molecule has 0 unspecified atom stereocenters. The molecule has 2 aromatic rings. The maximum absolute atomic E-state index is 12.9. The summed E-state index contributed by atoms with van der Waals surface area (Å²) in [5.74, 6) is -0.120. The van der Waals surface area contributed by atoms with Crippen LogP contribution in [0.5, 0.6) is 5.75 Å². The zero-order valence-electron chi connectivity index (χ0n) is 15.8. The second kappa shape index (κ2) is 9.66. The van der Waals surface area contributed by atoms with E-state index in [9.17, 15) is 14.0 Å². The normalized spacial score (nSPS) is 14.1. The van der Waals surface area contributed by atoms with E-state index in [1.165, 1.54) is 24.3 Å². The van der Waals surface area contributed by atoms with E-state index in [0.717, 1.165) is 0 Å². The minimum atomic E-state index is -0.355. The molecule has 0 atom stereocenters. The zero-order chi connectivity index (χ0) is 20.6. The molecule has 0 bridgehead atoms. The number of nitrogens with zero attached hydrogens (tertiary/aromatic N) is 3. The van der Waals surface area contributed by atoms with Gasteiger partial charge < -0.3 is 15.0 Å². The van der Waals surface area contributed by atoms with Crippen molar-refractivity contribution in [3.8, 4) is 11.8 Å². The molecular weight excluding hydrogens is 375 g/mol. The topological polar surface area (TPSA) is 85.7 Å². The number of carbonyl (C=O) groups is 2. The van der Waals surface area contributed by atoms with E-state index in [4.69, 9.17) is 10.00 Å². The number of piperazine rings is 1. The van der Waals surface area contributed by atoms with Crippen molar-refractivity contribution < 1.29 is 18.7 Å². The molecule has 2 aromatic carbocycles. The Bertz CT molecular complexity index is 886. The molecule has 1 saturated heterocycles. The maximum atomic E-state index is 12.9. The van der Waals surface area contributed by atoms with Crippen molar-refractivity contribution in [3.05, 3.63) is 59.9 Å². The van der Waals surface area contributed by atoms with Gasteiger partial charge >= 0.3 is 0 Å². The molecule has 0 radical (unpaired) electrons. The van der Waals surface area contributed by atoms with Crippen molar-refractivity contribution >= 4 is 17.5 Å². The van der Waals surface area contributed by atoms with E-state index in [1.807, 2.05) is 11.0 Å². The van der Waals surface area contributed by atoms with Gasteiger partial charge in [0.15, 0.2) is 6.61 Å². The van der Waals surface area contributed by atoms with Crippen LogP contribution in [0.1, 0.15) is 5.56 Å². The quantitative estimate of drug-likeness (QED) is 0.806. The number of nitrogens with one attached hydrogen (secondary N) is 1. The first-order valence-electron chi connectivity index (χ1n) is 9.22. The Hall–Kier alpha value is -3.44. The third-order valence-electron chi connectivity index (χ3n) is 4.57. The van der Waals surface area contributed by atoms with Crippen LogP contribution in [0.15, 0.2) is 48.5 Å². The summed E-state index contributed by atoms with van der Waals surface area (Å²) in [6, 6.07) is 14.2. The highest BCUT2D eigenvalue weighted by Gasteiger charge is 2.22. The molecule has 2 amide bonds. The van der Waals surface area contributed by atoms with Crippen molar-refractivity contribution in [2.24, 2.45) is 0 Å². The number of amides is 2. The largest absolute Gasteiger partial charge is 0.484 e. The van der Waals surface area contributed by atoms with Crippen LogP contribution in [0.4, 0.5) is 10.1 Å². The molecule has 0 spiro atoms. The van der Waals surface area contributed by atoms with Crippen LogP contribution in [0.2, 0.25) is 0 Å². The SMILES string of the molecule is N#Cc1ccc(OCC(=O)N2CCN(CC(=O)Nc3ccc(F)cc3)CC2)cc1. The summed E-state index contributed by atoms with van der Waals surface area (Å²) >= 11 is 0. The number of rotatable bonds is 6. The minimum absolute atomic E-state index is 0.0725. The number of nitriles is 1. The first-order chi connectivity index (χ1) is 14.0. The van der Waals surface area contributed by atoms with Crippen molar-refractivity contribution in [1.29, 1.82) is 5.26 Å². The monoisotopic (exact) mass is 396 g/mol. The maximum Gasteiger partial charge on any atom is 0.260 e. The Morgan fingerprint density at radius 3 is 2.31 bits per heavy atom. The molecule has 1 heterocycles. The van der Waals surface area contributed by atoms with E-state index in [1.54, 1.807) is 29.2 Å². The van der Waals surface area contributed by atoms with E-state index in [-0.39, 0.29) is 30.8 Å². The molecule has 0 aromatic heterocycles. The summed E-state index contributed by atoms with van der Waals surface area (Å²) in [7, 11) is 0. The van der Waals surface area contributed by atoms with Gasteiger partial charge in [-0.15, -0.1) is 0 Å². The average Bonchev–Trinajstić information content (AvgIpc) is 2.74. The second-order valence-electron chi connectivity index (χ2n) is 6.64. The van der Waals surface area contributed by atoms with Gasteiger partial charge in [0, 0.05) is 31.9 Å². The van der Waals surface area contributed by atoms with Gasteiger partial charge in [-0.1, -0.05) is 0 Å². The number of halogens is 1. The Balaban J connectivity index is 1.38. The van der Waals surface area contributed by atoms with Gasteiger partial charge in [-0.25, -0.2) is 4.39 Å². The van der Waals surface area contributed by atoms with Gasteiger partial charge in [0.1, 0.15) is 11.6 Å². The number of ether oxygens (including phenoxy) is 1. The minimum Gasteiger partial charge on any atom is -0.484 e. The third kappa shape index (κ3) is 6.02. The highest BCUT2D eigenvalue weighted by Crippen LogP contribution is 2.12. The summed E-state index contributed by atoms with van der Waals surface area (Å²) in [4.78, 5) is 28.1. The molecule has 8 heteroatoms. The fraction of sp³-hybridized carbons (Fsp3) is 0.286. The molecule has 150 valence electrons. The first kappa shape index (κ1) is 20.3. The molecule has 7 nitrogen and oxygen atoms in total. The smallest absolute Gasteiger partial charge is 0.260 e. The van der Waals surface area contributed by atoms with Crippen LogP contribution in [0, 0.1) is 17.1 Å². The second-order valence-corrected chi connectivity index (χ2v) is 6.64. The van der Waals surface area contributed by atoms with Crippen molar-refractivity contribution in [2.75, 3.05) is 44.6 Å². The molecule has 3 rings (SSSR count). The molecule has 1 fully saturated rings. The molecule has 1 N–H and O–H groups in total. The molecule has 1 aliphatic rings. The standard InChI is InChI=1S/C21H21FN4O3/c22-17-3-5-18(6-4-17)24-20(27)14-25-9-11-26(12-10-25)21(28)15-29-19-7-1-16(13-23)2-8-19/h1-8H,9-12,14-15H2,(H,24,27). The summed E-state index contributed by atoms with van der Waals surface area (Å²) < 4.78 is 18.4. The van der Waals surface area contributed by atoms with Gasteiger partial charge in [-0.3, -0.25) is 14.5 Å². The van der Waals surface area contributed by atoms with Crippen LogP contribution >= 0.6 is 0 Å². The lowest BCUT2D eigenvalue weighted by Gasteiger charge is -2.34. The van der Waals surface area contributed by atoms with E-state index < -0.39 is 0 Å². The fourth-order valence-corrected chi connectivity index (χ4v) is 2.95. The highest BCUT2D eigenvalue weighted by molar-refractivity contribution is 5.92. The number of carbonyl (C=O) groups excluding carboxylic acids is 2. The van der Waals surface area contributed by atoms with Crippen LogP contribution in [-0.2, 0) is 9.59 Å². The Morgan fingerprint density at radius 2 is 1.69 bits per heavy atom. The Labute approximate surface area is 168 Å². The van der Waals surface area contributed by atoms with E-state index in [2.05, 4.69) is 5.32 Å². The Morgan fingerprint density at radius 1 is 1.03 bits per heavy atom. The lowest BCUT2D eigenvalue weighted by Crippen LogP contribution is -2.51. The van der Waals surface area contributed by atoms with Crippen molar-refractivity contribution in [2.45, 2.75) is 0 Å². The number of hydrogen-bond acceptors (Lipinski definition) is 5. The van der Waals surface area contributed by atoms with Gasteiger partial charge in [0.2, 0.25) is 5.91 Å². The number of hydrogen-bond donors (Lipinski definition) is 1. The Kier molecular flexibility index (Phi) is 6.76. The fourth-order valence-electron chi connectivity index (χ4n) is 2.95. The lowest BCUT2D eigenvalue weighted by molar-refractivity contribution is -0.135. The van der Waals surface area contributed by atoms with Crippen molar-refractivity contribution in [3.63, 3.8) is 0 Å². The first-order valence-corrected chi connectivity index (χ1v) is 9.22. The summed E-state index contributed by atoms with van der Waals surface area (Å²) in [6.07, 6.45) is 0. The zero-order valence-corrected chi connectivity index (χ0v) is 15.8. The van der Waals surface area contributed by atoms with Crippen LogP contribution in [0.3, 0.4) is 0 Å².